The van der Waals surface area contributed by atoms with Gasteiger partial charge in [-0.15, -0.1) is 0 Å². The predicted octanol–water partition coefficient (Wildman–Crippen LogP) is 4.69. The molecule has 86 valence electrons. The van der Waals surface area contributed by atoms with Crippen LogP contribution in [0.4, 0.5) is 0 Å². The van der Waals surface area contributed by atoms with Gasteiger partial charge < -0.3 is 0 Å². The molecular weight excluding hydrogens is 200 g/mol. The van der Waals surface area contributed by atoms with E-state index in [2.05, 4.69) is 61.2 Å². The summed E-state index contributed by atoms with van der Waals surface area (Å²) in [6, 6.07) is 0. The van der Waals surface area contributed by atoms with Crippen molar-refractivity contribution in [3.05, 3.63) is 0 Å². The summed E-state index contributed by atoms with van der Waals surface area (Å²) in [7, 11) is -1.55. The Hall–Kier alpha value is 0.434. The van der Waals surface area contributed by atoms with Crippen molar-refractivity contribution < 1.29 is 0 Å². The van der Waals surface area contributed by atoms with Crippen LogP contribution in [0.2, 0.25) is 35.4 Å². The summed E-state index contributed by atoms with van der Waals surface area (Å²) in [4.78, 5) is 0. The third kappa shape index (κ3) is 5.35. The van der Waals surface area contributed by atoms with Crippen molar-refractivity contribution >= 4 is 16.9 Å². The van der Waals surface area contributed by atoms with E-state index in [1.807, 2.05) is 0 Å². The van der Waals surface area contributed by atoms with Crippen molar-refractivity contribution in [1.29, 1.82) is 0 Å². The molecule has 0 rings (SSSR count). The molecule has 0 aromatic heterocycles. The molecule has 0 spiro atoms. The number of hydrogen-bond acceptors (Lipinski definition) is 0. The van der Waals surface area contributed by atoms with Crippen LogP contribution in [0.25, 0.3) is 0 Å². The monoisotopic (exact) mass is 230 g/mol. The lowest BCUT2D eigenvalue weighted by atomic mass is 10.2. The van der Waals surface area contributed by atoms with Gasteiger partial charge in [0.2, 0.25) is 0 Å². The third-order valence-electron chi connectivity index (χ3n) is 2.91. The van der Waals surface area contributed by atoms with Crippen molar-refractivity contribution in [2.24, 2.45) is 0 Å². The summed E-state index contributed by atoms with van der Waals surface area (Å²) in [6.45, 7) is 22.3. The van der Waals surface area contributed by atoms with Crippen LogP contribution in [0.15, 0.2) is 0 Å². The van der Waals surface area contributed by atoms with Crippen molar-refractivity contribution in [2.75, 3.05) is 0 Å². The molecular formula is C12H30Si2. The van der Waals surface area contributed by atoms with Crippen LogP contribution >= 0.6 is 0 Å². The maximum atomic E-state index is 2.52. The lowest BCUT2D eigenvalue weighted by molar-refractivity contribution is 0.643. The molecule has 2 heteroatoms. The molecule has 0 amide bonds. The van der Waals surface area contributed by atoms with Crippen molar-refractivity contribution in [2.45, 2.75) is 76.9 Å². The summed E-state index contributed by atoms with van der Waals surface area (Å²) in [5.41, 5.74) is 1.58. The Bertz CT molecular complexity index is 162. The van der Waals surface area contributed by atoms with Gasteiger partial charge in [0.05, 0.1) is 0 Å². The first-order chi connectivity index (χ1) is 5.84. The first kappa shape index (κ1) is 14.4. The van der Waals surface area contributed by atoms with E-state index in [0.717, 1.165) is 0 Å². The van der Waals surface area contributed by atoms with Crippen molar-refractivity contribution in [3.8, 4) is 0 Å². The molecule has 0 radical (unpaired) electrons. The molecule has 0 heterocycles. The second-order valence-electron chi connectivity index (χ2n) is 8.05. The normalized spacial score (nSPS) is 15.0. The zero-order valence-electron chi connectivity index (χ0n) is 11.8. The average molecular weight is 231 g/mol. The van der Waals surface area contributed by atoms with Crippen LogP contribution in [0, 0.1) is 0 Å². The molecule has 0 aromatic carbocycles. The SMILES string of the molecule is CC(C)(C)[SiH](C[Si](C)(C)C)C(C)(C)C. The summed E-state index contributed by atoms with van der Waals surface area (Å²) >= 11 is 0. The molecule has 0 aliphatic rings. The summed E-state index contributed by atoms with van der Waals surface area (Å²) < 4.78 is 0. The molecule has 0 atom stereocenters. The highest BCUT2D eigenvalue weighted by Crippen LogP contribution is 2.45. The quantitative estimate of drug-likeness (QED) is 0.604. The van der Waals surface area contributed by atoms with Crippen LogP contribution in [-0.2, 0) is 0 Å². The summed E-state index contributed by atoms with van der Waals surface area (Å²) in [6.07, 6.45) is 0. The molecule has 0 unspecified atom stereocenters. The summed E-state index contributed by atoms with van der Waals surface area (Å²) in [5.74, 6) is 0. The molecule has 0 saturated carbocycles. The van der Waals surface area contributed by atoms with Gasteiger partial charge in [-0.2, -0.15) is 0 Å². The van der Waals surface area contributed by atoms with Crippen LogP contribution in [0.3, 0.4) is 0 Å². The molecule has 0 aliphatic heterocycles. The molecule has 0 bridgehead atoms. The minimum absolute atomic E-state index is 0.582. The van der Waals surface area contributed by atoms with Gasteiger partial charge in [-0.25, -0.2) is 0 Å². The third-order valence-corrected chi connectivity index (χ3v) is 13.6. The molecule has 0 saturated heterocycles. The van der Waals surface area contributed by atoms with Gasteiger partial charge >= 0.3 is 0 Å². The molecule has 0 fully saturated rings. The standard InChI is InChI=1S/C12H30Si2/c1-11(2,3)13(12(4,5)6)10-14(7,8)9/h13H,10H2,1-9H3. The fourth-order valence-corrected chi connectivity index (χ4v) is 14.9. The van der Waals surface area contributed by atoms with Gasteiger partial charge in [0.15, 0.2) is 0 Å². The van der Waals surface area contributed by atoms with Gasteiger partial charge in [-0.3, -0.25) is 0 Å². The Kier molecular flexibility index (Phi) is 4.25. The Morgan fingerprint density at radius 1 is 0.786 bits per heavy atom. The van der Waals surface area contributed by atoms with Crippen LogP contribution in [0.5, 0.6) is 0 Å². The lowest BCUT2D eigenvalue weighted by Crippen LogP contribution is -2.41. The van der Waals surface area contributed by atoms with E-state index in [4.69, 9.17) is 0 Å². The maximum Gasteiger partial charge on any atom is 0.0451 e. The largest absolute Gasteiger partial charge is 0.0698 e. The first-order valence-electron chi connectivity index (χ1n) is 5.84. The number of rotatable bonds is 2. The summed E-state index contributed by atoms with van der Waals surface area (Å²) in [5, 5.41) is 1.16. The van der Waals surface area contributed by atoms with Crippen molar-refractivity contribution in [3.63, 3.8) is 0 Å². The highest BCUT2D eigenvalue weighted by molar-refractivity contribution is 6.89. The van der Waals surface area contributed by atoms with Crippen LogP contribution in [-0.4, -0.2) is 16.9 Å². The Morgan fingerprint density at radius 2 is 1.07 bits per heavy atom. The topological polar surface area (TPSA) is 0 Å². The van der Waals surface area contributed by atoms with Crippen LogP contribution in [0.1, 0.15) is 41.5 Å². The van der Waals surface area contributed by atoms with E-state index in [9.17, 15) is 0 Å². The molecule has 0 N–H and O–H groups in total. The van der Waals surface area contributed by atoms with E-state index in [0.29, 0.717) is 10.1 Å². The van der Waals surface area contributed by atoms with E-state index in [-0.39, 0.29) is 0 Å². The second-order valence-corrected chi connectivity index (χ2v) is 19.4. The molecule has 0 aliphatic carbocycles. The lowest BCUT2D eigenvalue weighted by Gasteiger charge is -2.42. The fraction of sp³-hybridized carbons (Fsp3) is 1.00. The van der Waals surface area contributed by atoms with Gasteiger partial charge in [-0.1, -0.05) is 66.9 Å². The average Bonchev–Trinajstić information content (AvgIpc) is 1.75. The van der Waals surface area contributed by atoms with Gasteiger partial charge in [0, 0.05) is 16.9 Å². The van der Waals surface area contributed by atoms with Crippen LogP contribution < -0.4 is 0 Å². The van der Waals surface area contributed by atoms with Crippen molar-refractivity contribution in [1.82, 2.24) is 0 Å². The van der Waals surface area contributed by atoms with Gasteiger partial charge in [-0.05, 0) is 10.1 Å². The Labute approximate surface area is 94.1 Å². The maximum absolute atomic E-state index is 2.52. The van der Waals surface area contributed by atoms with Gasteiger partial charge in [0.25, 0.3) is 0 Å². The highest BCUT2D eigenvalue weighted by atomic mass is 28.4. The van der Waals surface area contributed by atoms with Gasteiger partial charge in [0.1, 0.15) is 0 Å². The smallest absolute Gasteiger partial charge is 0.0451 e. The Balaban J connectivity index is 4.78. The fourth-order valence-electron chi connectivity index (χ4n) is 2.52. The minimum atomic E-state index is -0.878. The van der Waals surface area contributed by atoms with E-state index in [1.54, 1.807) is 5.67 Å². The second kappa shape index (κ2) is 4.13. The number of hydrogen-bond donors (Lipinski definition) is 0. The zero-order chi connectivity index (χ0) is 11.8. The molecule has 0 nitrogen and oxygen atoms in total. The molecule has 0 aromatic rings. The van der Waals surface area contributed by atoms with E-state index >= 15 is 0 Å². The minimum Gasteiger partial charge on any atom is -0.0698 e. The van der Waals surface area contributed by atoms with E-state index in [1.165, 1.54) is 0 Å². The highest BCUT2D eigenvalue weighted by Gasteiger charge is 2.38. The molecule has 14 heavy (non-hydrogen) atoms. The predicted molar refractivity (Wildman–Crippen MR) is 74.7 cm³/mol. The first-order valence-corrected chi connectivity index (χ1v) is 11.5. The zero-order valence-corrected chi connectivity index (χ0v) is 13.9. The van der Waals surface area contributed by atoms with E-state index < -0.39 is 16.9 Å². The Morgan fingerprint density at radius 3 is 1.14 bits per heavy atom.